The quantitative estimate of drug-likeness (QED) is 0.363. The van der Waals surface area contributed by atoms with Crippen molar-refractivity contribution in [1.29, 1.82) is 0 Å². The van der Waals surface area contributed by atoms with Crippen molar-refractivity contribution >= 4 is 40.6 Å². The van der Waals surface area contributed by atoms with Gasteiger partial charge >= 0.3 is 0 Å². The lowest BCUT2D eigenvalue weighted by Crippen LogP contribution is -2.27. The highest BCUT2D eigenvalue weighted by Gasteiger charge is 2.35. The maximum Gasteiger partial charge on any atom is 0.293 e. The lowest BCUT2D eigenvalue weighted by Gasteiger charge is -2.15. The van der Waals surface area contributed by atoms with Crippen LogP contribution in [0, 0.1) is 6.92 Å². The van der Waals surface area contributed by atoms with Crippen LogP contribution in [-0.2, 0) is 17.9 Å². The average molecular weight is 480 g/mol. The molecule has 1 fully saturated rings. The van der Waals surface area contributed by atoms with Gasteiger partial charge in [-0.25, -0.2) is 0 Å². The van der Waals surface area contributed by atoms with E-state index in [1.807, 2.05) is 55.5 Å². The lowest BCUT2D eigenvalue weighted by molar-refractivity contribution is -0.123. The van der Waals surface area contributed by atoms with E-state index in [4.69, 9.17) is 21.1 Å². The van der Waals surface area contributed by atoms with Crippen LogP contribution in [-0.4, -0.2) is 23.2 Å². The third-order valence-electron chi connectivity index (χ3n) is 5.28. The fraction of sp³-hybridized carbons (Fsp3) is 0.154. The summed E-state index contributed by atoms with van der Waals surface area (Å²) in [4.78, 5) is 27.3. The molecule has 5 nitrogen and oxygen atoms in total. The molecule has 0 aromatic heterocycles. The molecule has 4 rings (SSSR count). The van der Waals surface area contributed by atoms with Gasteiger partial charge in [-0.15, -0.1) is 0 Å². The second kappa shape index (κ2) is 10.1. The highest BCUT2D eigenvalue weighted by Crippen LogP contribution is 2.38. The van der Waals surface area contributed by atoms with E-state index in [1.165, 1.54) is 4.90 Å². The molecule has 3 aromatic rings. The van der Waals surface area contributed by atoms with Crippen LogP contribution in [0.25, 0.3) is 6.08 Å². The first kappa shape index (κ1) is 23.0. The molecule has 0 radical (unpaired) electrons. The monoisotopic (exact) mass is 479 g/mol. The molecule has 0 unspecified atom stereocenters. The van der Waals surface area contributed by atoms with Crippen molar-refractivity contribution in [3.05, 3.63) is 98.9 Å². The Morgan fingerprint density at radius 2 is 1.76 bits per heavy atom. The Bertz CT molecular complexity index is 1220. The molecule has 0 bridgehead atoms. The Hall–Kier alpha value is -3.22. The van der Waals surface area contributed by atoms with E-state index in [1.54, 1.807) is 31.4 Å². The van der Waals surface area contributed by atoms with Gasteiger partial charge in [-0.3, -0.25) is 14.5 Å². The van der Waals surface area contributed by atoms with Crippen molar-refractivity contribution in [3.63, 3.8) is 0 Å². The second-order valence-electron chi connectivity index (χ2n) is 7.49. The van der Waals surface area contributed by atoms with Gasteiger partial charge in [-0.1, -0.05) is 60.1 Å². The lowest BCUT2D eigenvalue weighted by atomic mass is 10.1. The number of rotatable bonds is 7. The molecule has 0 saturated carbocycles. The van der Waals surface area contributed by atoms with Crippen molar-refractivity contribution in [2.45, 2.75) is 20.1 Å². The summed E-state index contributed by atoms with van der Waals surface area (Å²) in [7, 11) is 1.56. The summed E-state index contributed by atoms with van der Waals surface area (Å²) in [6.45, 7) is 2.50. The first-order valence-corrected chi connectivity index (χ1v) is 11.5. The third-order valence-corrected chi connectivity index (χ3v) is 6.43. The standard InChI is InChI=1S/C26H22ClNO4S/c1-17-6-3-4-7-20(17)15-28-25(29)23(33-26(28)30)14-19-8-5-9-22(31-2)24(19)32-16-18-10-12-21(27)13-11-18/h3-14H,15-16H2,1-2H3/b23-14-. The van der Waals surface area contributed by atoms with Crippen molar-refractivity contribution < 1.29 is 19.1 Å². The number of hydrogen-bond acceptors (Lipinski definition) is 5. The molecule has 1 aliphatic heterocycles. The fourth-order valence-corrected chi connectivity index (χ4v) is 4.39. The molecule has 0 atom stereocenters. The van der Waals surface area contributed by atoms with Crippen molar-refractivity contribution in [3.8, 4) is 11.5 Å². The van der Waals surface area contributed by atoms with E-state index in [0.717, 1.165) is 28.5 Å². The summed E-state index contributed by atoms with van der Waals surface area (Å²) < 4.78 is 11.5. The summed E-state index contributed by atoms with van der Waals surface area (Å²) >= 11 is 6.89. The normalized spacial score (nSPS) is 14.8. The Morgan fingerprint density at radius 3 is 2.48 bits per heavy atom. The molecule has 0 N–H and O–H groups in total. The zero-order valence-electron chi connectivity index (χ0n) is 18.2. The summed E-state index contributed by atoms with van der Waals surface area (Å²) in [6.07, 6.45) is 1.68. The number of carbonyl (C=O) groups is 2. The topological polar surface area (TPSA) is 55.8 Å². The van der Waals surface area contributed by atoms with Gasteiger partial charge in [0.15, 0.2) is 11.5 Å². The number of para-hydroxylation sites is 1. The molecule has 0 spiro atoms. The molecular formula is C26H22ClNO4S. The van der Waals surface area contributed by atoms with E-state index >= 15 is 0 Å². The molecule has 33 heavy (non-hydrogen) atoms. The fourth-order valence-electron chi connectivity index (χ4n) is 3.43. The van der Waals surface area contributed by atoms with Crippen LogP contribution in [0.1, 0.15) is 22.3 Å². The molecule has 2 amide bonds. The van der Waals surface area contributed by atoms with Crippen LogP contribution in [0.2, 0.25) is 5.02 Å². The van der Waals surface area contributed by atoms with Gasteiger partial charge in [0.05, 0.1) is 18.6 Å². The Kier molecular flexibility index (Phi) is 7.06. The molecule has 1 heterocycles. The number of ether oxygens (including phenoxy) is 2. The highest BCUT2D eigenvalue weighted by molar-refractivity contribution is 8.18. The first-order valence-electron chi connectivity index (χ1n) is 10.3. The van der Waals surface area contributed by atoms with Crippen LogP contribution >= 0.6 is 23.4 Å². The number of hydrogen-bond donors (Lipinski definition) is 0. The SMILES string of the molecule is COc1cccc(/C=C2\SC(=O)N(Cc3ccccc3C)C2=O)c1OCc1ccc(Cl)cc1. The summed E-state index contributed by atoms with van der Waals surface area (Å²) in [6, 6.07) is 20.5. The molecule has 0 aliphatic carbocycles. The van der Waals surface area contributed by atoms with E-state index in [9.17, 15) is 9.59 Å². The van der Waals surface area contributed by atoms with Crippen LogP contribution < -0.4 is 9.47 Å². The van der Waals surface area contributed by atoms with Crippen molar-refractivity contribution in [1.82, 2.24) is 4.90 Å². The van der Waals surface area contributed by atoms with Gasteiger partial charge in [0, 0.05) is 10.6 Å². The van der Waals surface area contributed by atoms with E-state index in [2.05, 4.69) is 0 Å². The van der Waals surface area contributed by atoms with Crippen molar-refractivity contribution in [2.75, 3.05) is 7.11 Å². The van der Waals surface area contributed by atoms with Crippen molar-refractivity contribution in [2.24, 2.45) is 0 Å². The Labute approximate surface area is 202 Å². The van der Waals surface area contributed by atoms with Crippen LogP contribution in [0.3, 0.4) is 0 Å². The number of thioether (sulfide) groups is 1. The maximum absolute atomic E-state index is 13.0. The predicted octanol–water partition coefficient (Wildman–Crippen LogP) is 6.47. The van der Waals surface area contributed by atoms with Crippen LogP contribution in [0.4, 0.5) is 4.79 Å². The molecule has 3 aromatic carbocycles. The maximum atomic E-state index is 13.0. The van der Waals surface area contributed by atoms with Gasteiger partial charge in [0.2, 0.25) is 0 Å². The second-order valence-corrected chi connectivity index (χ2v) is 8.92. The summed E-state index contributed by atoms with van der Waals surface area (Å²) in [5.41, 5.74) is 3.57. The number of methoxy groups -OCH3 is 1. The van der Waals surface area contributed by atoms with E-state index < -0.39 is 0 Å². The first-order chi connectivity index (χ1) is 16.0. The number of halogens is 1. The molecule has 1 saturated heterocycles. The van der Waals surface area contributed by atoms with E-state index in [0.29, 0.717) is 33.6 Å². The van der Waals surface area contributed by atoms with Gasteiger partial charge in [-0.05, 0) is 59.7 Å². The zero-order valence-corrected chi connectivity index (χ0v) is 19.8. The number of imide groups is 1. The van der Waals surface area contributed by atoms with E-state index in [-0.39, 0.29) is 17.7 Å². The molecule has 168 valence electrons. The number of carbonyl (C=O) groups excluding carboxylic acids is 2. The molecular weight excluding hydrogens is 458 g/mol. The Balaban J connectivity index is 1.59. The minimum atomic E-state index is -0.320. The minimum absolute atomic E-state index is 0.243. The van der Waals surface area contributed by atoms with Gasteiger partial charge < -0.3 is 9.47 Å². The number of nitrogens with zero attached hydrogens (tertiary/aromatic N) is 1. The Morgan fingerprint density at radius 1 is 1.00 bits per heavy atom. The van der Waals surface area contributed by atoms with Crippen LogP contribution in [0.5, 0.6) is 11.5 Å². The highest BCUT2D eigenvalue weighted by atomic mass is 35.5. The average Bonchev–Trinajstić information content (AvgIpc) is 3.07. The number of benzene rings is 3. The number of aryl methyl sites for hydroxylation is 1. The predicted molar refractivity (Wildman–Crippen MR) is 131 cm³/mol. The largest absolute Gasteiger partial charge is 0.493 e. The van der Waals surface area contributed by atoms with Gasteiger partial charge in [0.25, 0.3) is 11.1 Å². The van der Waals surface area contributed by atoms with Crippen LogP contribution in [0.15, 0.2) is 71.6 Å². The summed E-state index contributed by atoms with van der Waals surface area (Å²) in [5, 5.41) is 0.360. The minimum Gasteiger partial charge on any atom is -0.493 e. The zero-order chi connectivity index (χ0) is 23.4. The third kappa shape index (κ3) is 5.24. The molecule has 1 aliphatic rings. The van der Waals surface area contributed by atoms with Gasteiger partial charge in [-0.2, -0.15) is 0 Å². The van der Waals surface area contributed by atoms with Gasteiger partial charge in [0.1, 0.15) is 6.61 Å². The molecule has 7 heteroatoms. The smallest absolute Gasteiger partial charge is 0.293 e. The summed E-state index contributed by atoms with van der Waals surface area (Å²) in [5.74, 6) is 0.720. The number of amides is 2.